The summed E-state index contributed by atoms with van der Waals surface area (Å²) in [5.41, 5.74) is -1.24. The van der Waals surface area contributed by atoms with Gasteiger partial charge in [0, 0.05) is 19.2 Å². The molecule has 3 aromatic rings. The Hall–Kier alpha value is -2.86. The fourth-order valence-electron chi connectivity index (χ4n) is 4.66. The standard InChI is InChI=1S/C23H26ClFN6O4/c1-22(2,33)20-28-17-13(25)7-11(18-19(17)31(20)9-15(32)30(18)4)16-12(24)8-26-21(29-16)27-14-5-6-35-10-23(14,3)34/h7-8,14,33-34H,5-6,9-10H2,1-4H3,(H,26,27,29)/t14?,23-/m1/s1. The second-order valence-electron chi connectivity index (χ2n) is 9.77. The minimum Gasteiger partial charge on any atom is -0.386 e. The van der Waals surface area contributed by atoms with Crippen molar-refractivity contribution in [3.8, 4) is 11.3 Å². The Bertz CT molecular complexity index is 1350. The first-order chi connectivity index (χ1) is 16.4. The Morgan fingerprint density at radius 3 is 2.80 bits per heavy atom. The lowest BCUT2D eigenvalue weighted by molar-refractivity contribution is -0.119. The first kappa shape index (κ1) is 23.9. The zero-order valence-corrected chi connectivity index (χ0v) is 20.5. The highest BCUT2D eigenvalue weighted by Crippen LogP contribution is 2.43. The number of aliphatic hydroxyl groups is 2. The molecule has 12 heteroatoms. The Kier molecular flexibility index (Phi) is 5.51. The molecule has 4 heterocycles. The van der Waals surface area contributed by atoms with Crippen LogP contribution in [0.25, 0.3) is 22.3 Å². The number of hydrogen-bond donors (Lipinski definition) is 3. The first-order valence-corrected chi connectivity index (χ1v) is 11.6. The van der Waals surface area contributed by atoms with E-state index in [-0.39, 0.29) is 58.7 Å². The molecule has 35 heavy (non-hydrogen) atoms. The van der Waals surface area contributed by atoms with Crippen molar-refractivity contribution in [3.63, 3.8) is 0 Å². The van der Waals surface area contributed by atoms with E-state index in [2.05, 4.69) is 20.3 Å². The SMILES string of the molecule is CN1C(=O)Cn2c(C(C)(C)O)nc3c(F)cc(-c4nc(NC5CCOC[C@@]5(C)O)ncc4Cl)c1c32. The molecule has 5 rings (SSSR count). The Morgan fingerprint density at radius 2 is 2.11 bits per heavy atom. The van der Waals surface area contributed by atoms with E-state index in [0.717, 1.165) is 0 Å². The first-order valence-electron chi connectivity index (χ1n) is 11.2. The van der Waals surface area contributed by atoms with Crippen LogP contribution in [0.4, 0.5) is 16.0 Å². The van der Waals surface area contributed by atoms with Gasteiger partial charge in [-0.1, -0.05) is 11.6 Å². The van der Waals surface area contributed by atoms with Crippen LogP contribution in [0.3, 0.4) is 0 Å². The molecule has 0 radical (unpaired) electrons. The van der Waals surface area contributed by atoms with Crippen LogP contribution in [0.2, 0.25) is 5.02 Å². The van der Waals surface area contributed by atoms with Gasteiger partial charge in [-0.3, -0.25) is 4.79 Å². The number of benzene rings is 1. The molecule has 1 saturated heterocycles. The molecule has 0 saturated carbocycles. The summed E-state index contributed by atoms with van der Waals surface area (Å²) in [4.78, 5) is 27.4. The van der Waals surface area contributed by atoms with Crippen molar-refractivity contribution >= 4 is 40.2 Å². The van der Waals surface area contributed by atoms with E-state index in [0.29, 0.717) is 24.2 Å². The molecule has 1 unspecified atom stereocenters. The van der Waals surface area contributed by atoms with Gasteiger partial charge in [0.05, 0.1) is 40.8 Å². The smallest absolute Gasteiger partial charge is 0.246 e. The number of aromatic nitrogens is 4. The number of carbonyl (C=O) groups is 1. The predicted molar refractivity (Wildman–Crippen MR) is 128 cm³/mol. The van der Waals surface area contributed by atoms with Gasteiger partial charge in [0.2, 0.25) is 11.9 Å². The van der Waals surface area contributed by atoms with Gasteiger partial charge in [-0.2, -0.15) is 0 Å². The van der Waals surface area contributed by atoms with Crippen molar-refractivity contribution in [3.05, 3.63) is 28.9 Å². The molecule has 2 aliphatic heterocycles. The molecule has 0 bridgehead atoms. The maximum Gasteiger partial charge on any atom is 0.246 e. The number of rotatable bonds is 4. The fourth-order valence-corrected chi connectivity index (χ4v) is 4.85. The predicted octanol–water partition coefficient (Wildman–Crippen LogP) is 2.44. The minimum absolute atomic E-state index is 0.0435. The number of carbonyl (C=O) groups excluding carboxylic acids is 1. The number of hydrogen-bond acceptors (Lipinski definition) is 8. The van der Waals surface area contributed by atoms with E-state index >= 15 is 4.39 Å². The average Bonchev–Trinajstić information content (AvgIpc) is 3.16. The lowest BCUT2D eigenvalue weighted by Crippen LogP contribution is -2.52. The van der Waals surface area contributed by atoms with Crippen LogP contribution in [0.15, 0.2) is 12.3 Å². The van der Waals surface area contributed by atoms with E-state index < -0.39 is 17.0 Å². The van der Waals surface area contributed by atoms with Gasteiger partial charge in [-0.25, -0.2) is 19.3 Å². The number of anilines is 2. The highest BCUT2D eigenvalue weighted by atomic mass is 35.5. The van der Waals surface area contributed by atoms with Gasteiger partial charge in [0.15, 0.2) is 5.82 Å². The summed E-state index contributed by atoms with van der Waals surface area (Å²) >= 11 is 6.47. The number of likely N-dealkylation sites (N-methyl/N-ethyl adjacent to an activating group) is 1. The third-order valence-corrected chi connectivity index (χ3v) is 6.77. The summed E-state index contributed by atoms with van der Waals surface area (Å²) in [6, 6.07) is 0.865. The van der Waals surface area contributed by atoms with E-state index in [9.17, 15) is 15.0 Å². The molecule has 2 aromatic heterocycles. The van der Waals surface area contributed by atoms with Crippen LogP contribution in [0.5, 0.6) is 0 Å². The summed E-state index contributed by atoms with van der Waals surface area (Å²) in [6.45, 7) is 5.27. The molecule has 2 aliphatic rings. The van der Waals surface area contributed by atoms with Crippen LogP contribution in [0, 0.1) is 5.82 Å². The van der Waals surface area contributed by atoms with Crippen LogP contribution in [-0.4, -0.2) is 67.5 Å². The Balaban J connectivity index is 1.69. The van der Waals surface area contributed by atoms with Crippen molar-refractivity contribution in [2.24, 2.45) is 0 Å². The summed E-state index contributed by atoms with van der Waals surface area (Å²) in [7, 11) is 1.59. The fraction of sp³-hybridized carbons (Fsp3) is 0.478. The van der Waals surface area contributed by atoms with Crippen molar-refractivity contribution < 1.29 is 24.1 Å². The summed E-state index contributed by atoms with van der Waals surface area (Å²) < 4.78 is 22.3. The Morgan fingerprint density at radius 1 is 1.37 bits per heavy atom. The van der Waals surface area contributed by atoms with E-state index in [4.69, 9.17) is 16.3 Å². The van der Waals surface area contributed by atoms with Crippen LogP contribution in [0.1, 0.15) is 33.0 Å². The third kappa shape index (κ3) is 3.92. The zero-order chi connectivity index (χ0) is 25.3. The van der Waals surface area contributed by atoms with Crippen molar-refractivity contribution in [2.45, 2.75) is 51.0 Å². The van der Waals surface area contributed by atoms with Gasteiger partial charge < -0.3 is 29.7 Å². The van der Waals surface area contributed by atoms with E-state index in [1.807, 2.05) is 0 Å². The molecule has 0 spiro atoms. The second-order valence-corrected chi connectivity index (χ2v) is 10.2. The van der Waals surface area contributed by atoms with Gasteiger partial charge in [0.1, 0.15) is 29.1 Å². The minimum atomic E-state index is -1.40. The lowest BCUT2D eigenvalue weighted by Gasteiger charge is -2.37. The maximum atomic E-state index is 15.4. The number of ether oxygens (including phenoxy) is 1. The molecule has 3 N–H and O–H groups in total. The third-order valence-electron chi connectivity index (χ3n) is 6.49. The number of halogens is 2. The normalized spacial score (nSPS) is 22.7. The number of nitrogens with one attached hydrogen (secondary N) is 1. The van der Waals surface area contributed by atoms with Gasteiger partial charge in [-0.15, -0.1) is 0 Å². The topological polar surface area (TPSA) is 126 Å². The summed E-state index contributed by atoms with van der Waals surface area (Å²) in [6.07, 6.45) is 1.93. The molecular weight excluding hydrogens is 479 g/mol. The average molecular weight is 505 g/mol. The maximum absolute atomic E-state index is 15.4. The molecule has 186 valence electrons. The molecule has 1 aromatic carbocycles. The van der Waals surface area contributed by atoms with Crippen LogP contribution >= 0.6 is 11.6 Å². The van der Waals surface area contributed by atoms with Crippen molar-refractivity contribution in [2.75, 3.05) is 30.5 Å². The van der Waals surface area contributed by atoms with Gasteiger partial charge in [0.25, 0.3) is 0 Å². The number of imidazole rings is 1. The van der Waals surface area contributed by atoms with Crippen molar-refractivity contribution in [1.29, 1.82) is 0 Å². The quantitative estimate of drug-likeness (QED) is 0.494. The molecule has 1 fully saturated rings. The van der Waals surface area contributed by atoms with Crippen LogP contribution < -0.4 is 10.2 Å². The highest BCUT2D eigenvalue weighted by molar-refractivity contribution is 6.33. The van der Waals surface area contributed by atoms with E-state index in [1.54, 1.807) is 14.0 Å². The number of amides is 1. The monoisotopic (exact) mass is 504 g/mol. The van der Waals surface area contributed by atoms with Crippen molar-refractivity contribution in [1.82, 2.24) is 19.5 Å². The van der Waals surface area contributed by atoms with Gasteiger partial charge in [-0.05, 0) is 33.3 Å². The zero-order valence-electron chi connectivity index (χ0n) is 19.8. The van der Waals surface area contributed by atoms with Gasteiger partial charge >= 0.3 is 0 Å². The second kappa shape index (κ2) is 8.09. The Labute approximate surface area is 205 Å². The van der Waals surface area contributed by atoms with Crippen LogP contribution in [-0.2, 0) is 21.7 Å². The van der Waals surface area contributed by atoms with E-state index in [1.165, 1.54) is 35.6 Å². The summed E-state index contributed by atoms with van der Waals surface area (Å²) in [5, 5.41) is 24.6. The molecular formula is C23H26ClFN6O4. The highest BCUT2D eigenvalue weighted by Gasteiger charge is 2.37. The largest absolute Gasteiger partial charge is 0.386 e. The molecule has 1 amide bonds. The number of nitrogens with zero attached hydrogens (tertiary/aromatic N) is 5. The molecule has 2 atom stereocenters. The summed E-state index contributed by atoms with van der Waals surface area (Å²) in [5.74, 6) is -0.525. The molecule has 10 nitrogen and oxygen atoms in total. The lowest BCUT2D eigenvalue weighted by atomic mass is 9.93. The molecule has 0 aliphatic carbocycles.